The van der Waals surface area contributed by atoms with Crippen molar-refractivity contribution in [2.45, 2.75) is 57.8 Å². The molecule has 0 saturated heterocycles. The van der Waals surface area contributed by atoms with Gasteiger partial charge in [0.1, 0.15) is 6.61 Å². The number of ether oxygens (including phenoxy) is 1. The van der Waals surface area contributed by atoms with Gasteiger partial charge in [0.05, 0.1) is 5.92 Å². The normalized spacial score (nSPS) is 12.1. The summed E-state index contributed by atoms with van der Waals surface area (Å²) >= 11 is 0. The molecule has 0 aliphatic carbocycles. The van der Waals surface area contributed by atoms with E-state index in [0.717, 1.165) is 18.4 Å². The van der Waals surface area contributed by atoms with Gasteiger partial charge in [0.25, 0.3) is 0 Å². The van der Waals surface area contributed by atoms with E-state index in [-0.39, 0.29) is 17.6 Å². The zero-order chi connectivity index (χ0) is 17.1. The third kappa shape index (κ3) is 6.91. The number of hydrogen-bond donors (Lipinski definition) is 3. The number of hydrogen-bond acceptors (Lipinski definition) is 4. The number of aromatic hydroxyl groups is 1. The predicted molar refractivity (Wildman–Crippen MR) is 92.6 cm³/mol. The largest absolute Gasteiger partial charge is 0.504 e. The molecule has 0 aromatic heterocycles. The summed E-state index contributed by atoms with van der Waals surface area (Å²) in [5.41, 5.74) is 11.6. The van der Waals surface area contributed by atoms with E-state index in [1.54, 1.807) is 18.2 Å². The van der Waals surface area contributed by atoms with Crippen LogP contribution in [0, 0.1) is 0 Å². The molecule has 0 aliphatic heterocycles. The van der Waals surface area contributed by atoms with Crippen LogP contribution in [0.15, 0.2) is 18.2 Å². The lowest BCUT2D eigenvalue weighted by molar-refractivity contribution is -0.119. The summed E-state index contributed by atoms with van der Waals surface area (Å²) in [6, 6.07) is 5.02. The van der Waals surface area contributed by atoms with E-state index < -0.39 is 0 Å². The fraction of sp³-hybridized carbons (Fsp3) is 0.611. The number of phenolic OH excluding ortho intramolecular Hbond substituents is 1. The van der Waals surface area contributed by atoms with Crippen molar-refractivity contribution in [3.05, 3.63) is 23.8 Å². The summed E-state index contributed by atoms with van der Waals surface area (Å²) in [5, 5.41) is 10.00. The Morgan fingerprint density at radius 1 is 1.22 bits per heavy atom. The molecule has 0 heterocycles. The lowest BCUT2D eigenvalue weighted by Crippen LogP contribution is -2.21. The second-order valence-electron chi connectivity index (χ2n) is 5.88. The molecular formula is C18H30N2O3. The number of phenols is 1. The first-order valence-electron chi connectivity index (χ1n) is 8.55. The monoisotopic (exact) mass is 322 g/mol. The van der Waals surface area contributed by atoms with Gasteiger partial charge < -0.3 is 21.3 Å². The van der Waals surface area contributed by atoms with Crippen LogP contribution >= 0.6 is 0 Å². The molecule has 1 rings (SSSR count). The minimum absolute atomic E-state index is 0.0187. The van der Waals surface area contributed by atoms with Gasteiger partial charge in [-0.15, -0.1) is 0 Å². The summed E-state index contributed by atoms with van der Waals surface area (Å²) < 4.78 is 5.33. The SMILES string of the molecule is CCCCCCCCC(C(N)=O)c1ccc(OCCN)c(O)c1. The fourth-order valence-electron chi connectivity index (χ4n) is 2.64. The van der Waals surface area contributed by atoms with Crippen molar-refractivity contribution in [3.8, 4) is 11.5 Å². The van der Waals surface area contributed by atoms with Crippen molar-refractivity contribution in [1.82, 2.24) is 0 Å². The van der Waals surface area contributed by atoms with E-state index >= 15 is 0 Å². The Morgan fingerprint density at radius 3 is 2.52 bits per heavy atom. The smallest absolute Gasteiger partial charge is 0.224 e. The third-order valence-corrected chi connectivity index (χ3v) is 3.95. The van der Waals surface area contributed by atoms with Gasteiger partial charge in [-0.25, -0.2) is 0 Å². The van der Waals surface area contributed by atoms with E-state index in [0.29, 0.717) is 25.3 Å². The van der Waals surface area contributed by atoms with Crippen LogP contribution in [-0.4, -0.2) is 24.2 Å². The minimum Gasteiger partial charge on any atom is -0.504 e. The second-order valence-corrected chi connectivity index (χ2v) is 5.88. The lowest BCUT2D eigenvalue weighted by atomic mass is 9.92. The Balaban J connectivity index is 2.59. The molecule has 1 unspecified atom stereocenters. The van der Waals surface area contributed by atoms with Crippen molar-refractivity contribution in [2.75, 3.05) is 13.2 Å². The first kappa shape index (κ1) is 19.3. The van der Waals surface area contributed by atoms with Gasteiger partial charge in [0.15, 0.2) is 11.5 Å². The first-order valence-corrected chi connectivity index (χ1v) is 8.55. The van der Waals surface area contributed by atoms with E-state index in [1.807, 2.05) is 0 Å². The quantitative estimate of drug-likeness (QED) is 0.515. The average Bonchev–Trinajstić information content (AvgIpc) is 2.52. The Hall–Kier alpha value is -1.75. The van der Waals surface area contributed by atoms with Crippen LogP contribution in [0.25, 0.3) is 0 Å². The fourth-order valence-corrected chi connectivity index (χ4v) is 2.64. The van der Waals surface area contributed by atoms with E-state index in [9.17, 15) is 9.90 Å². The maximum absolute atomic E-state index is 11.7. The number of benzene rings is 1. The Labute approximate surface area is 139 Å². The van der Waals surface area contributed by atoms with Gasteiger partial charge in [-0.05, 0) is 24.1 Å². The molecule has 0 radical (unpaired) electrons. The first-order chi connectivity index (χ1) is 11.1. The highest BCUT2D eigenvalue weighted by atomic mass is 16.5. The van der Waals surface area contributed by atoms with Crippen molar-refractivity contribution in [3.63, 3.8) is 0 Å². The maximum atomic E-state index is 11.7. The van der Waals surface area contributed by atoms with Gasteiger partial charge in [0, 0.05) is 6.54 Å². The number of amides is 1. The number of primary amides is 1. The standard InChI is InChI=1S/C18H30N2O3/c1-2-3-4-5-6-7-8-15(18(20)22)14-9-10-17(16(21)13-14)23-12-11-19/h9-10,13,15,21H,2-8,11-12,19H2,1H3,(H2,20,22). The zero-order valence-electron chi connectivity index (χ0n) is 14.1. The number of unbranched alkanes of at least 4 members (excludes halogenated alkanes) is 5. The van der Waals surface area contributed by atoms with Crippen LogP contribution in [0.1, 0.15) is 63.4 Å². The second kappa shape index (κ2) is 10.9. The van der Waals surface area contributed by atoms with Gasteiger partial charge in [0.2, 0.25) is 5.91 Å². The molecule has 1 aromatic carbocycles. The molecule has 1 amide bonds. The van der Waals surface area contributed by atoms with Crippen LogP contribution < -0.4 is 16.2 Å². The molecule has 5 N–H and O–H groups in total. The van der Waals surface area contributed by atoms with Gasteiger partial charge in [-0.1, -0.05) is 51.5 Å². The van der Waals surface area contributed by atoms with Crippen LogP contribution in [-0.2, 0) is 4.79 Å². The van der Waals surface area contributed by atoms with Crippen LogP contribution in [0.4, 0.5) is 0 Å². The van der Waals surface area contributed by atoms with Crippen molar-refractivity contribution in [2.24, 2.45) is 11.5 Å². The summed E-state index contributed by atoms with van der Waals surface area (Å²) in [5.74, 6) is -0.323. The van der Waals surface area contributed by atoms with E-state index in [1.165, 1.54) is 25.7 Å². The summed E-state index contributed by atoms with van der Waals surface area (Å²) in [7, 11) is 0. The highest BCUT2D eigenvalue weighted by molar-refractivity contribution is 5.82. The Kier molecular flexibility index (Phi) is 9.14. The topological polar surface area (TPSA) is 98.6 Å². The molecule has 5 heteroatoms. The minimum atomic E-state index is -0.365. The molecule has 0 aliphatic rings. The van der Waals surface area contributed by atoms with Gasteiger partial charge in [-0.2, -0.15) is 0 Å². The Morgan fingerprint density at radius 2 is 1.91 bits per heavy atom. The molecule has 0 fully saturated rings. The van der Waals surface area contributed by atoms with Crippen molar-refractivity contribution in [1.29, 1.82) is 0 Å². The molecule has 0 spiro atoms. The molecule has 0 bridgehead atoms. The highest BCUT2D eigenvalue weighted by Crippen LogP contribution is 2.32. The molecule has 130 valence electrons. The average molecular weight is 322 g/mol. The summed E-state index contributed by atoms with van der Waals surface area (Å²) in [4.78, 5) is 11.7. The molecule has 5 nitrogen and oxygen atoms in total. The third-order valence-electron chi connectivity index (χ3n) is 3.95. The molecule has 1 aromatic rings. The number of nitrogens with two attached hydrogens (primary N) is 2. The molecule has 23 heavy (non-hydrogen) atoms. The highest BCUT2D eigenvalue weighted by Gasteiger charge is 2.19. The lowest BCUT2D eigenvalue weighted by Gasteiger charge is -2.15. The zero-order valence-corrected chi connectivity index (χ0v) is 14.1. The summed E-state index contributed by atoms with van der Waals surface area (Å²) in [6.45, 7) is 2.91. The number of carbonyl (C=O) groups is 1. The van der Waals surface area contributed by atoms with Gasteiger partial charge in [-0.3, -0.25) is 4.79 Å². The van der Waals surface area contributed by atoms with Crippen molar-refractivity contribution < 1.29 is 14.6 Å². The Bertz CT molecular complexity index is 477. The molecule has 1 atom stereocenters. The summed E-state index contributed by atoms with van der Waals surface area (Å²) in [6.07, 6.45) is 7.70. The predicted octanol–water partition coefficient (Wildman–Crippen LogP) is 3.05. The van der Waals surface area contributed by atoms with Gasteiger partial charge >= 0.3 is 0 Å². The number of rotatable bonds is 12. The number of carbonyl (C=O) groups excluding carboxylic acids is 1. The molecular weight excluding hydrogens is 292 g/mol. The van der Waals surface area contributed by atoms with Crippen LogP contribution in [0.2, 0.25) is 0 Å². The van der Waals surface area contributed by atoms with Crippen LogP contribution in [0.5, 0.6) is 11.5 Å². The van der Waals surface area contributed by atoms with E-state index in [2.05, 4.69) is 6.92 Å². The van der Waals surface area contributed by atoms with Crippen molar-refractivity contribution >= 4 is 5.91 Å². The van der Waals surface area contributed by atoms with Crippen LogP contribution in [0.3, 0.4) is 0 Å². The molecule has 0 saturated carbocycles. The maximum Gasteiger partial charge on any atom is 0.224 e. The van der Waals surface area contributed by atoms with E-state index in [4.69, 9.17) is 16.2 Å².